The third-order valence-corrected chi connectivity index (χ3v) is 3.92. The molecule has 2 N–H and O–H groups in total. The van der Waals surface area contributed by atoms with E-state index in [-0.39, 0.29) is 18.2 Å². The lowest BCUT2D eigenvalue weighted by Gasteiger charge is -2.13. The minimum absolute atomic E-state index is 0.0206. The summed E-state index contributed by atoms with van der Waals surface area (Å²) >= 11 is 3.06. The van der Waals surface area contributed by atoms with Crippen LogP contribution >= 0.6 is 15.9 Å². The highest BCUT2D eigenvalue weighted by molar-refractivity contribution is 9.10. The first-order valence-corrected chi connectivity index (χ1v) is 8.62. The topological polar surface area (TPSA) is 97.6 Å². The Kier molecular flexibility index (Phi) is 6.57. The molecule has 0 bridgehead atoms. The Morgan fingerprint density at radius 3 is 2.31 bits per heavy atom. The third kappa shape index (κ3) is 5.45. The van der Waals surface area contributed by atoms with Crippen LogP contribution in [-0.2, 0) is 14.3 Å². The van der Waals surface area contributed by atoms with Crippen LogP contribution in [0.25, 0.3) is 0 Å². The molecule has 7 nitrogen and oxygen atoms in total. The molecule has 138 valence electrons. The van der Waals surface area contributed by atoms with Gasteiger partial charge in [-0.05, 0) is 60.0 Å². The summed E-state index contributed by atoms with van der Waals surface area (Å²) in [5, 5.41) is 5.17. The van der Waals surface area contributed by atoms with Gasteiger partial charge in [0, 0.05) is 5.69 Å². The Balaban J connectivity index is 1.78. The minimum atomic E-state index is -0.763. The fraction of sp³-hybridized carbons (Fsp3) is 0.278. The van der Waals surface area contributed by atoms with Gasteiger partial charge in [0.05, 0.1) is 6.54 Å². The van der Waals surface area contributed by atoms with Crippen molar-refractivity contribution in [2.75, 3.05) is 18.5 Å². The Bertz CT molecular complexity index is 821. The number of anilines is 1. The molecule has 0 saturated heterocycles. The Morgan fingerprint density at radius 2 is 1.73 bits per heavy atom. The van der Waals surface area contributed by atoms with E-state index in [2.05, 4.69) is 26.6 Å². The van der Waals surface area contributed by atoms with Gasteiger partial charge in [-0.25, -0.2) is 4.79 Å². The van der Waals surface area contributed by atoms with Crippen molar-refractivity contribution in [3.63, 3.8) is 0 Å². The van der Waals surface area contributed by atoms with E-state index in [1.807, 2.05) is 32.9 Å². The molecule has 2 aromatic rings. The van der Waals surface area contributed by atoms with Gasteiger partial charge in [0.15, 0.2) is 11.3 Å². The molecule has 0 spiro atoms. The maximum absolute atomic E-state index is 12.0. The first kappa shape index (κ1) is 19.7. The molecule has 0 unspecified atom stereocenters. The van der Waals surface area contributed by atoms with Gasteiger partial charge < -0.3 is 19.8 Å². The molecule has 2 rings (SSSR count). The summed E-state index contributed by atoms with van der Waals surface area (Å²) in [5.74, 6) is -1.74. The van der Waals surface area contributed by atoms with Crippen molar-refractivity contribution < 1.29 is 23.5 Å². The first-order valence-electron chi connectivity index (χ1n) is 7.83. The molecule has 0 aliphatic carbocycles. The van der Waals surface area contributed by atoms with Crippen molar-refractivity contribution in [3.05, 3.63) is 51.4 Å². The van der Waals surface area contributed by atoms with Crippen LogP contribution in [0.5, 0.6) is 0 Å². The van der Waals surface area contributed by atoms with E-state index in [0.717, 1.165) is 22.4 Å². The zero-order valence-corrected chi connectivity index (χ0v) is 16.2. The molecule has 0 radical (unpaired) electrons. The Morgan fingerprint density at radius 1 is 1.08 bits per heavy atom. The summed E-state index contributed by atoms with van der Waals surface area (Å²) in [6.45, 7) is 5.05. The highest BCUT2D eigenvalue weighted by atomic mass is 79.9. The highest BCUT2D eigenvalue weighted by Crippen LogP contribution is 2.21. The van der Waals surface area contributed by atoms with E-state index in [0.29, 0.717) is 4.67 Å². The average molecular weight is 423 g/mol. The van der Waals surface area contributed by atoms with Gasteiger partial charge in [0.25, 0.3) is 5.91 Å². The third-order valence-electron chi connectivity index (χ3n) is 3.50. The van der Waals surface area contributed by atoms with Crippen molar-refractivity contribution in [1.82, 2.24) is 5.32 Å². The number of esters is 1. The van der Waals surface area contributed by atoms with Crippen LogP contribution < -0.4 is 10.6 Å². The average Bonchev–Trinajstić information content (AvgIpc) is 3.00. The molecule has 1 aromatic carbocycles. The highest BCUT2D eigenvalue weighted by Gasteiger charge is 2.15. The second kappa shape index (κ2) is 8.66. The molecule has 1 heterocycles. The molecular formula is C18H19BrN2O5. The van der Waals surface area contributed by atoms with Crippen molar-refractivity contribution in [1.29, 1.82) is 0 Å². The van der Waals surface area contributed by atoms with E-state index < -0.39 is 18.5 Å². The monoisotopic (exact) mass is 422 g/mol. The summed E-state index contributed by atoms with van der Waals surface area (Å²) in [5.41, 5.74) is 3.72. The van der Waals surface area contributed by atoms with Crippen LogP contribution in [0.15, 0.2) is 33.4 Å². The maximum Gasteiger partial charge on any atom is 0.374 e. The summed E-state index contributed by atoms with van der Waals surface area (Å²) in [6, 6.07) is 6.89. The fourth-order valence-corrected chi connectivity index (χ4v) is 2.72. The number of furan rings is 1. The van der Waals surface area contributed by atoms with Crippen LogP contribution in [0.2, 0.25) is 0 Å². The number of carbonyl (C=O) groups is 3. The number of rotatable bonds is 6. The molecule has 8 heteroatoms. The van der Waals surface area contributed by atoms with Crippen molar-refractivity contribution in [3.8, 4) is 0 Å². The summed E-state index contributed by atoms with van der Waals surface area (Å²) in [6.07, 6.45) is 0. The predicted molar refractivity (Wildman–Crippen MR) is 99.0 cm³/mol. The first-order chi connectivity index (χ1) is 12.3. The van der Waals surface area contributed by atoms with E-state index in [1.54, 1.807) is 0 Å². The van der Waals surface area contributed by atoms with Crippen molar-refractivity contribution >= 4 is 39.4 Å². The Hall–Kier alpha value is -2.61. The number of aryl methyl sites for hydroxylation is 3. The van der Waals surface area contributed by atoms with Gasteiger partial charge in [0.2, 0.25) is 11.7 Å². The normalized spacial score (nSPS) is 10.3. The lowest BCUT2D eigenvalue weighted by molar-refractivity contribution is -0.126. The number of hydrogen-bond donors (Lipinski definition) is 2. The predicted octanol–water partition coefficient (Wildman–Crippen LogP) is 2.88. The van der Waals surface area contributed by atoms with Gasteiger partial charge in [0.1, 0.15) is 0 Å². The number of benzene rings is 1. The van der Waals surface area contributed by atoms with Crippen LogP contribution in [0.1, 0.15) is 27.2 Å². The lowest BCUT2D eigenvalue weighted by Crippen LogP contribution is -2.35. The zero-order valence-electron chi connectivity index (χ0n) is 14.6. The largest absolute Gasteiger partial charge is 0.450 e. The van der Waals surface area contributed by atoms with Gasteiger partial charge in [-0.3, -0.25) is 9.59 Å². The number of hydrogen-bond acceptors (Lipinski definition) is 5. The van der Waals surface area contributed by atoms with Gasteiger partial charge in [-0.2, -0.15) is 0 Å². The lowest BCUT2D eigenvalue weighted by atomic mass is 10.1. The van der Waals surface area contributed by atoms with Crippen LogP contribution in [0.4, 0.5) is 5.69 Å². The van der Waals surface area contributed by atoms with Crippen molar-refractivity contribution in [2.45, 2.75) is 20.8 Å². The standard InChI is InChI=1S/C18H19BrN2O5/c1-10-6-11(2)17(12(3)7-10)21-15(22)8-20-16(23)9-25-18(24)13-4-5-14(19)26-13/h4-7H,8-9H2,1-3H3,(H,20,23)(H,21,22). The quantitative estimate of drug-likeness (QED) is 0.697. The van der Waals surface area contributed by atoms with Gasteiger partial charge in [-0.1, -0.05) is 17.7 Å². The molecule has 0 aliphatic rings. The molecule has 0 saturated carbocycles. The molecule has 0 atom stereocenters. The molecule has 0 fully saturated rings. The molecule has 26 heavy (non-hydrogen) atoms. The van der Waals surface area contributed by atoms with Gasteiger partial charge >= 0.3 is 5.97 Å². The summed E-state index contributed by atoms with van der Waals surface area (Å²) < 4.78 is 10.2. The number of carbonyl (C=O) groups excluding carboxylic acids is 3. The van der Waals surface area contributed by atoms with E-state index in [9.17, 15) is 14.4 Å². The van der Waals surface area contributed by atoms with E-state index >= 15 is 0 Å². The maximum atomic E-state index is 12.0. The number of amides is 2. The van der Waals surface area contributed by atoms with Crippen molar-refractivity contribution in [2.24, 2.45) is 0 Å². The van der Waals surface area contributed by atoms with Crippen LogP contribution in [0.3, 0.4) is 0 Å². The Labute approximate surface area is 159 Å². The van der Waals surface area contributed by atoms with Crippen LogP contribution in [-0.4, -0.2) is 30.9 Å². The molecule has 0 aliphatic heterocycles. The molecule has 2 amide bonds. The number of ether oxygens (including phenoxy) is 1. The van der Waals surface area contributed by atoms with Crippen LogP contribution in [0, 0.1) is 20.8 Å². The minimum Gasteiger partial charge on any atom is -0.450 e. The number of halogens is 1. The zero-order chi connectivity index (χ0) is 19.3. The van der Waals surface area contributed by atoms with E-state index in [4.69, 9.17) is 9.15 Å². The molecule has 1 aromatic heterocycles. The second-order valence-electron chi connectivity index (χ2n) is 5.78. The smallest absolute Gasteiger partial charge is 0.374 e. The summed E-state index contributed by atoms with van der Waals surface area (Å²) in [7, 11) is 0. The second-order valence-corrected chi connectivity index (χ2v) is 6.56. The molecular weight excluding hydrogens is 404 g/mol. The SMILES string of the molecule is Cc1cc(C)c(NC(=O)CNC(=O)COC(=O)c2ccc(Br)o2)c(C)c1. The fourth-order valence-electron chi connectivity index (χ4n) is 2.42. The van der Waals surface area contributed by atoms with E-state index in [1.165, 1.54) is 12.1 Å². The van der Waals surface area contributed by atoms with Gasteiger partial charge in [-0.15, -0.1) is 0 Å². The summed E-state index contributed by atoms with van der Waals surface area (Å²) in [4.78, 5) is 35.4. The number of nitrogens with one attached hydrogen (secondary N) is 2.